The summed E-state index contributed by atoms with van der Waals surface area (Å²) >= 11 is 0. The molecule has 2 aromatic heterocycles. The van der Waals surface area contributed by atoms with Gasteiger partial charge in [-0.3, -0.25) is 0 Å². The molecule has 2 heterocycles. The van der Waals surface area contributed by atoms with E-state index in [1.165, 1.54) is 0 Å². The Labute approximate surface area is 121 Å². The molecule has 0 bridgehead atoms. The quantitative estimate of drug-likeness (QED) is 0.804. The maximum atomic E-state index is 4.47. The van der Waals surface area contributed by atoms with E-state index in [0.29, 0.717) is 0 Å². The summed E-state index contributed by atoms with van der Waals surface area (Å²) < 4.78 is 0. The van der Waals surface area contributed by atoms with Crippen molar-refractivity contribution in [1.29, 1.82) is 0 Å². The number of aromatic amines is 1. The number of anilines is 1. The van der Waals surface area contributed by atoms with Gasteiger partial charge in [-0.1, -0.05) is 13.8 Å². The van der Waals surface area contributed by atoms with Gasteiger partial charge in [-0.15, -0.1) is 0 Å². The van der Waals surface area contributed by atoms with Gasteiger partial charge < -0.3 is 14.8 Å². The highest BCUT2D eigenvalue weighted by Gasteiger charge is 2.11. The first-order valence-corrected chi connectivity index (χ1v) is 7.55. The van der Waals surface area contributed by atoms with Crippen LogP contribution in [0.25, 0.3) is 11.0 Å². The number of hydrogen-bond acceptors (Lipinski definition) is 4. The van der Waals surface area contributed by atoms with E-state index in [2.05, 4.69) is 51.6 Å². The van der Waals surface area contributed by atoms with Crippen molar-refractivity contribution in [2.75, 3.05) is 37.6 Å². The average Bonchev–Trinajstić information content (AvgIpc) is 2.96. The highest BCUT2D eigenvalue weighted by atomic mass is 15.2. The Morgan fingerprint density at radius 2 is 1.85 bits per heavy atom. The summed E-state index contributed by atoms with van der Waals surface area (Å²) in [5, 5.41) is 1.11. The fourth-order valence-electron chi connectivity index (χ4n) is 2.55. The van der Waals surface area contributed by atoms with Gasteiger partial charge in [0, 0.05) is 19.3 Å². The molecule has 0 aromatic carbocycles. The topological polar surface area (TPSA) is 48.1 Å². The molecule has 20 heavy (non-hydrogen) atoms. The van der Waals surface area contributed by atoms with E-state index in [1.54, 1.807) is 6.33 Å². The van der Waals surface area contributed by atoms with Crippen molar-refractivity contribution < 1.29 is 0 Å². The molecule has 0 spiro atoms. The number of rotatable bonds is 8. The van der Waals surface area contributed by atoms with Crippen LogP contribution in [0.5, 0.6) is 0 Å². The highest BCUT2D eigenvalue weighted by Crippen LogP contribution is 2.21. The van der Waals surface area contributed by atoms with E-state index in [-0.39, 0.29) is 0 Å². The number of nitrogens with zero attached hydrogens (tertiary/aromatic N) is 4. The third-order valence-corrected chi connectivity index (χ3v) is 3.81. The van der Waals surface area contributed by atoms with E-state index in [9.17, 15) is 0 Å². The molecule has 0 saturated carbocycles. The van der Waals surface area contributed by atoms with Crippen LogP contribution in [-0.4, -0.2) is 52.6 Å². The first kappa shape index (κ1) is 14.8. The van der Waals surface area contributed by atoms with Crippen LogP contribution >= 0.6 is 0 Å². The van der Waals surface area contributed by atoms with Crippen LogP contribution in [-0.2, 0) is 0 Å². The van der Waals surface area contributed by atoms with Crippen molar-refractivity contribution in [3.05, 3.63) is 18.6 Å². The summed E-state index contributed by atoms with van der Waals surface area (Å²) in [6.07, 6.45) is 4.72. The first-order valence-electron chi connectivity index (χ1n) is 7.55. The predicted octanol–water partition coefficient (Wildman–Crippen LogP) is 2.52. The number of H-pyrrole nitrogens is 1. The van der Waals surface area contributed by atoms with E-state index in [4.69, 9.17) is 0 Å². The maximum Gasteiger partial charge on any atom is 0.142 e. The molecule has 2 rings (SSSR count). The molecule has 0 atom stereocenters. The first-order chi connectivity index (χ1) is 9.80. The Morgan fingerprint density at radius 1 is 1.05 bits per heavy atom. The van der Waals surface area contributed by atoms with Crippen LogP contribution in [0, 0.1) is 0 Å². The molecule has 0 fully saturated rings. The van der Waals surface area contributed by atoms with Crippen molar-refractivity contribution in [2.24, 2.45) is 0 Å². The van der Waals surface area contributed by atoms with E-state index in [0.717, 1.165) is 56.0 Å². The average molecular weight is 275 g/mol. The summed E-state index contributed by atoms with van der Waals surface area (Å²) in [5.74, 6) is 1.04. The summed E-state index contributed by atoms with van der Waals surface area (Å²) in [6.45, 7) is 12.0. The van der Waals surface area contributed by atoms with E-state index >= 15 is 0 Å². The molecule has 5 heteroatoms. The van der Waals surface area contributed by atoms with Gasteiger partial charge >= 0.3 is 0 Å². The van der Waals surface area contributed by atoms with Crippen molar-refractivity contribution in [2.45, 2.75) is 27.2 Å². The standard InChI is InChI=1S/C15H25N5/c1-4-19(5-2)10-7-11-20(6-3)15-13-8-9-16-14(13)17-12-18-15/h8-9,12H,4-7,10-11H2,1-3H3,(H,16,17,18). The molecule has 5 nitrogen and oxygen atoms in total. The zero-order chi connectivity index (χ0) is 14.4. The van der Waals surface area contributed by atoms with Gasteiger partial charge in [-0.25, -0.2) is 9.97 Å². The Kier molecular flexibility index (Phi) is 5.35. The van der Waals surface area contributed by atoms with Crippen LogP contribution in [0.3, 0.4) is 0 Å². The third-order valence-electron chi connectivity index (χ3n) is 3.81. The lowest BCUT2D eigenvalue weighted by Gasteiger charge is -2.24. The summed E-state index contributed by atoms with van der Waals surface area (Å²) in [4.78, 5) is 16.7. The van der Waals surface area contributed by atoms with Crippen LogP contribution in [0.15, 0.2) is 18.6 Å². The molecule has 0 aliphatic rings. The fraction of sp³-hybridized carbons (Fsp3) is 0.600. The molecule has 0 aliphatic heterocycles. The second-order valence-corrected chi connectivity index (χ2v) is 4.90. The zero-order valence-electron chi connectivity index (χ0n) is 12.8. The molecular formula is C15H25N5. The molecule has 0 unspecified atom stereocenters. The number of aromatic nitrogens is 3. The van der Waals surface area contributed by atoms with Crippen molar-refractivity contribution >= 4 is 16.9 Å². The molecule has 0 aliphatic carbocycles. The number of fused-ring (bicyclic) bond motifs is 1. The minimum atomic E-state index is 0.914. The highest BCUT2D eigenvalue weighted by molar-refractivity contribution is 5.87. The minimum absolute atomic E-state index is 0.914. The fourth-order valence-corrected chi connectivity index (χ4v) is 2.55. The normalized spacial score (nSPS) is 11.4. The Hall–Kier alpha value is -1.62. The Balaban J connectivity index is 2.03. The minimum Gasteiger partial charge on any atom is -0.356 e. The van der Waals surface area contributed by atoms with Crippen LogP contribution in [0.2, 0.25) is 0 Å². The van der Waals surface area contributed by atoms with Gasteiger partial charge in [0.15, 0.2) is 0 Å². The SMILES string of the molecule is CCN(CC)CCCN(CC)c1ncnc2[nH]ccc12. The molecule has 1 N–H and O–H groups in total. The monoisotopic (exact) mass is 275 g/mol. The predicted molar refractivity (Wildman–Crippen MR) is 84.2 cm³/mol. The van der Waals surface area contributed by atoms with Gasteiger partial charge in [0.2, 0.25) is 0 Å². The van der Waals surface area contributed by atoms with Crippen LogP contribution in [0.1, 0.15) is 27.2 Å². The maximum absolute atomic E-state index is 4.47. The summed E-state index contributed by atoms with van der Waals surface area (Å²) in [6, 6.07) is 2.05. The third kappa shape index (κ3) is 3.28. The lowest BCUT2D eigenvalue weighted by atomic mass is 10.3. The number of hydrogen-bond donors (Lipinski definition) is 1. The smallest absolute Gasteiger partial charge is 0.142 e. The second kappa shape index (κ2) is 7.24. The molecule has 2 aromatic rings. The van der Waals surface area contributed by atoms with Gasteiger partial charge in [0.05, 0.1) is 5.39 Å². The summed E-state index contributed by atoms with van der Waals surface area (Å²) in [7, 11) is 0. The van der Waals surface area contributed by atoms with Crippen molar-refractivity contribution in [3.63, 3.8) is 0 Å². The lowest BCUT2D eigenvalue weighted by molar-refractivity contribution is 0.300. The number of nitrogens with one attached hydrogen (secondary N) is 1. The largest absolute Gasteiger partial charge is 0.356 e. The Bertz CT molecular complexity index is 518. The van der Waals surface area contributed by atoms with Gasteiger partial charge in [-0.05, 0) is 39.0 Å². The van der Waals surface area contributed by atoms with Crippen LogP contribution in [0.4, 0.5) is 5.82 Å². The molecular weight excluding hydrogens is 250 g/mol. The molecule has 110 valence electrons. The Morgan fingerprint density at radius 3 is 2.55 bits per heavy atom. The van der Waals surface area contributed by atoms with E-state index < -0.39 is 0 Å². The van der Waals surface area contributed by atoms with Crippen molar-refractivity contribution in [1.82, 2.24) is 19.9 Å². The summed E-state index contributed by atoms with van der Waals surface area (Å²) in [5.41, 5.74) is 0.914. The van der Waals surface area contributed by atoms with Crippen molar-refractivity contribution in [3.8, 4) is 0 Å². The lowest BCUT2D eigenvalue weighted by Crippen LogP contribution is -2.30. The molecule has 0 amide bonds. The molecule has 0 saturated heterocycles. The zero-order valence-corrected chi connectivity index (χ0v) is 12.8. The second-order valence-electron chi connectivity index (χ2n) is 4.90. The van der Waals surface area contributed by atoms with Crippen LogP contribution < -0.4 is 4.90 Å². The van der Waals surface area contributed by atoms with Gasteiger partial charge in [0.25, 0.3) is 0 Å². The van der Waals surface area contributed by atoms with Gasteiger partial charge in [-0.2, -0.15) is 0 Å². The van der Waals surface area contributed by atoms with E-state index in [1.807, 2.05) is 6.20 Å². The molecule has 0 radical (unpaired) electrons. The van der Waals surface area contributed by atoms with Gasteiger partial charge in [0.1, 0.15) is 17.8 Å².